The zero-order valence-electron chi connectivity index (χ0n) is 8.86. The van der Waals surface area contributed by atoms with Crippen LogP contribution in [-0.2, 0) is 9.31 Å². The van der Waals surface area contributed by atoms with Crippen LogP contribution >= 0.6 is 0 Å². The summed E-state index contributed by atoms with van der Waals surface area (Å²) in [7, 11) is -0.181. The van der Waals surface area contributed by atoms with Crippen molar-refractivity contribution < 1.29 is 9.31 Å². The Bertz CT molecular complexity index is 317. The molecule has 0 bridgehead atoms. The molecule has 1 aromatic carbocycles. The molecular weight excluding hydrogens is 175 g/mol. The molecular formula is C11H15BO2. The molecule has 74 valence electrons. The maximum atomic E-state index is 5.69. The lowest BCUT2D eigenvalue weighted by atomic mass is 9.79. The number of rotatable bonds is 1. The minimum atomic E-state index is -0.181. The predicted octanol–water partition coefficient (Wildman–Crippen LogP) is 1.51. The summed E-state index contributed by atoms with van der Waals surface area (Å²) < 4.78 is 11.4. The maximum absolute atomic E-state index is 5.69. The highest BCUT2D eigenvalue weighted by Gasteiger charge is 2.35. The Hall–Kier alpha value is -0.795. The zero-order valence-corrected chi connectivity index (χ0v) is 8.86. The molecule has 1 saturated heterocycles. The van der Waals surface area contributed by atoms with Gasteiger partial charge in [0.15, 0.2) is 0 Å². The first-order valence-corrected chi connectivity index (χ1v) is 5.04. The molecule has 14 heavy (non-hydrogen) atoms. The molecule has 1 fully saturated rings. The SMILES string of the molecule is Cc1cccc(B2OC(C)C(C)O2)c1. The summed E-state index contributed by atoms with van der Waals surface area (Å²) in [5, 5.41) is 0. The van der Waals surface area contributed by atoms with Crippen molar-refractivity contribution >= 4 is 12.6 Å². The second-order valence-electron chi connectivity index (χ2n) is 3.93. The first-order valence-electron chi connectivity index (χ1n) is 5.04. The fraction of sp³-hybridized carbons (Fsp3) is 0.455. The highest BCUT2D eigenvalue weighted by atomic mass is 16.7. The summed E-state index contributed by atoms with van der Waals surface area (Å²) in [4.78, 5) is 0. The van der Waals surface area contributed by atoms with Gasteiger partial charge in [0.05, 0.1) is 12.2 Å². The van der Waals surface area contributed by atoms with Crippen LogP contribution in [-0.4, -0.2) is 19.3 Å². The van der Waals surface area contributed by atoms with Gasteiger partial charge in [0.1, 0.15) is 0 Å². The van der Waals surface area contributed by atoms with Gasteiger partial charge in [-0.15, -0.1) is 0 Å². The van der Waals surface area contributed by atoms with Crippen LogP contribution in [0.3, 0.4) is 0 Å². The topological polar surface area (TPSA) is 18.5 Å². The molecule has 1 aliphatic heterocycles. The van der Waals surface area contributed by atoms with Crippen LogP contribution in [0.1, 0.15) is 19.4 Å². The molecule has 2 rings (SSSR count). The third-order valence-corrected chi connectivity index (χ3v) is 2.65. The Morgan fingerprint density at radius 3 is 2.36 bits per heavy atom. The number of hydrogen-bond donors (Lipinski definition) is 0. The molecule has 0 saturated carbocycles. The van der Waals surface area contributed by atoms with E-state index in [1.807, 2.05) is 26.0 Å². The second-order valence-corrected chi connectivity index (χ2v) is 3.93. The van der Waals surface area contributed by atoms with Crippen molar-refractivity contribution in [1.82, 2.24) is 0 Å². The summed E-state index contributed by atoms with van der Waals surface area (Å²) in [5.74, 6) is 0. The summed E-state index contributed by atoms with van der Waals surface area (Å²) in [6.45, 7) is 6.16. The fourth-order valence-electron chi connectivity index (χ4n) is 1.62. The summed E-state index contributed by atoms with van der Waals surface area (Å²) in [5.41, 5.74) is 2.35. The monoisotopic (exact) mass is 190 g/mol. The van der Waals surface area contributed by atoms with Crippen LogP contribution in [0, 0.1) is 6.92 Å². The van der Waals surface area contributed by atoms with E-state index < -0.39 is 0 Å². The summed E-state index contributed by atoms with van der Waals surface area (Å²) >= 11 is 0. The highest BCUT2D eigenvalue weighted by Crippen LogP contribution is 2.15. The predicted molar refractivity (Wildman–Crippen MR) is 57.7 cm³/mol. The summed E-state index contributed by atoms with van der Waals surface area (Å²) in [6, 6.07) is 8.26. The first kappa shape index (κ1) is 9.75. The molecule has 2 nitrogen and oxygen atoms in total. The molecule has 0 aliphatic carbocycles. The van der Waals surface area contributed by atoms with Gasteiger partial charge in [-0.2, -0.15) is 0 Å². The lowest BCUT2D eigenvalue weighted by molar-refractivity contribution is 0.187. The zero-order chi connectivity index (χ0) is 10.1. The minimum absolute atomic E-state index is 0.181. The van der Waals surface area contributed by atoms with Gasteiger partial charge in [0, 0.05) is 0 Å². The Morgan fingerprint density at radius 1 is 1.14 bits per heavy atom. The van der Waals surface area contributed by atoms with Gasteiger partial charge in [-0.1, -0.05) is 29.8 Å². The third-order valence-electron chi connectivity index (χ3n) is 2.65. The molecule has 0 aromatic heterocycles. The molecule has 0 N–H and O–H groups in total. The average Bonchev–Trinajstić information content (AvgIpc) is 2.47. The van der Waals surface area contributed by atoms with E-state index in [-0.39, 0.29) is 19.3 Å². The Balaban J connectivity index is 2.17. The van der Waals surface area contributed by atoms with E-state index in [1.54, 1.807) is 0 Å². The van der Waals surface area contributed by atoms with E-state index in [1.165, 1.54) is 5.56 Å². The van der Waals surface area contributed by atoms with E-state index in [0.29, 0.717) is 0 Å². The molecule has 1 heterocycles. The largest absolute Gasteiger partial charge is 0.494 e. The standard InChI is InChI=1S/C11H15BO2/c1-8-5-4-6-11(7-8)12-13-9(2)10(3)14-12/h4-7,9-10H,1-3H3. The van der Waals surface area contributed by atoms with E-state index >= 15 is 0 Å². The molecule has 1 aliphatic rings. The molecule has 0 spiro atoms. The van der Waals surface area contributed by atoms with Gasteiger partial charge in [-0.05, 0) is 26.2 Å². The Labute approximate surface area is 85.4 Å². The highest BCUT2D eigenvalue weighted by molar-refractivity contribution is 6.61. The van der Waals surface area contributed by atoms with Gasteiger partial charge in [-0.25, -0.2) is 0 Å². The van der Waals surface area contributed by atoms with E-state index in [2.05, 4.69) is 19.1 Å². The molecule has 2 atom stereocenters. The van der Waals surface area contributed by atoms with Crippen molar-refractivity contribution in [3.05, 3.63) is 29.8 Å². The molecule has 0 amide bonds. The number of hydrogen-bond acceptors (Lipinski definition) is 2. The lowest BCUT2D eigenvalue weighted by Crippen LogP contribution is -2.32. The molecule has 0 radical (unpaired) electrons. The Kier molecular flexibility index (Phi) is 2.61. The maximum Gasteiger partial charge on any atom is 0.494 e. The van der Waals surface area contributed by atoms with Crippen molar-refractivity contribution in [1.29, 1.82) is 0 Å². The van der Waals surface area contributed by atoms with Crippen molar-refractivity contribution in [2.75, 3.05) is 0 Å². The van der Waals surface area contributed by atoms with Crippen molar-refractivity contribution in [3.63, 3.8) is 0 Å². The molecule has 3 heteroatoms. The quantitative estimate of drug-likeness (QED) is 0.625. The smallest absolute Gasteiger partial charge is 0.402 e. The van der Waals surface area contributed by atoms with Crippen LogP contribution in [0.4, 0.5) is 0 Å². The third kappa shape index (κ3) is 1.84. The van der Waals surface area contributed by atoms with Gasteiger partial charge in [-0.3, -0.25) is 0 Å². The van der Waals surface area contributed by atoms with E-state index in [4.69, 9.17) is 9.31 Å². The molecule has 1 aromatic rings. The minimum Gasteiger partial charge on any atom is -0.402 e. The first-order chi connectivity index (χ1) is 6.66. The van der Waals surface area contributed by atoms with E-state index in [0.717, 1.165) is 5.46 Å². The molecule has 2 unspecified atom stereocenters. The van der Waals surface area contributed by atoms with Crippen LogP contribution in [0.15, 0.2) is 24.3 Å². The van der Waals surface area contributed by atoms with Crippen LogP contribution in [0.25, 0.3) is 0 Å². The van der Waals surface area contributed by atoms with Gasteiger partial charge in [0.25, 0.3) is 0 Å². The van der Waals surface area contributed by atoms with Gasteiger partial charge < -0.3 is 9.31 Å². The summed E-state index contributed by atoms with van der Waals surface area (Å²) in [6.07, 6.45) is 0.362. The van der Waals surface area contributed by atoms with Crippen LogP contribution < -0.4 is 5.46 Å². The van der Waals surface area contributed by atoms with Gasteiger partial charge in [0.2, 0.25) is 0 Å². The Morgan fingerprint density at radius 2 is 1.79 bits per heavy atom. The second kappa shape index (κ2) is 3.75. The number of aryl methyl sites for hydroxylation is 1. The normalized spacial score (nSPS) is 26.9. The van der Waals surface area contributed by atoms with Crippen molar-refractivity contribution in [3.8, 4) is 0 Å². The number of benzene rings is 1. The van der Waals surface area contributed by atoms with Gasteiger partial charge >= 0.3 is 7.12 Å². The average molecular weight is 190 g/mol. The van der Waals surface area contributed by atoms with Crippen molar-refractivity contribution in [2.24, 2.45) is 0 Å². The lowest BCUT2D eigenvalue weighted by Gasteiger charge is -2.05. The fourth-order valence-corrected chi connectivity index (χ4v) is 1.62. The van der Waals surface area contributed by atoms with Crippen LogP contribution in [0.2, 0.25) is 0 Å². The van der Waals surface area contributed by atoms with Crippen LogP contribution in [0.5, 0.6) is 0 Å². The van der Waals surface area contributed by atoms with E-state index in [9.17, 15) is 0 Å². The van der Waals surface area contributed by atoms with Crippen molar-refractivity contribution in [2.45, 2.75) is 33.0 Å².